The number of hydrogen-bond donors (Lipinski definition) is 1. The molecule has 3 nitrogen and oxygen atoms in total. The number of rotatable bonds is 2. The molecular weight excluding hydrogens is 232 g/mol. The van der Waals surface area contributed by atoms with Gasteiger partial charge < -0.3 is 5.11 Å². The van der Waals surface area contributed by atoms with Crippen molar-refractivity contribution in [3.63, 3.8) is 0 Å². The molecule has 1 aliphatic carbocycles. The number of imidazole rings is 1. The van der Waals surface area contributed by atoms with Crippen LogP contribution in [0, 0.1) is 0 Å². The van der Waals surface area contributed by atoms with Crippen molar-refractivity contribution in [3.8, 4) is 0 Å². The molecule has 0 aliphatic heterocycles. The van der Waals surface area contributed by atoms with Gasteiger partial charge in [-0.3, -0.25) is 4.40 Å². The molecule has 1 fully saturated rings. The van der Waals surface area contributed by atoms with Crippen LogP contribution in [0.3, 0.4) is 0 Å². The van der Waals surface area contributed by atoms with E-state index in [-0.39, 0.29) is 0 Å². The number of hydrogen-bond acceptors (Lipinski definition) is 3. The lowest BCUT2D eigenvalue weighted by Gasteiger charge is -2.25. The van der Waals surface area contributed by atoms with Gasteiger partial charge in [0.1, 0.15) is 0 Å². The number of nitrogens with zero attached hydrogens (tertiary/aromatic N) is 2. The maximum Gasteiger partial charge on any atom is 0.193 e. The third kappa shape index (κ3) is 2.38. The van der Waals surface area contributed by atoms with Gasteiger partial charge in [0.15, 0.2) is 4.96 Å². The molecule has 1 saturated carbocycles. The van der Waals surface area contributed by atoms with Crippen LogP contribution in [0.5, 0.6) is 0 Å². The zero-order valence-corrected chi connectivity index (χ0v) is 10.7. The van der Waals surface area contributed by atoms with Crippen molar-refractivity contribution in [1.29, 1.82) is 0 Å². The van der Waals surface area contributed by atoms with Crippen LogP contribution in [0.15, 0.2) is 17.8 Å². The molecule has 4 heteroatoms. The maximum absolute atomic E-state index is 10.6. The van der Waals surface area contributed by atoms with E-state index in [0.717, 1.165) is 36.3 Å². The number of aliphatic hydroxyl groups is 1. The van der Waals surface area contributed by atoms with Gasteiger partial charge in [-0.2, -0.15) is 0 Å². The third-order valence-electron chi connectivity index (χ3n) is 3.69. The standard InChI is InChI=1S/C13H18N2OS/c16-13(5-3-1-2-4-6-13)9-11-10-15-7-8-17-12(15)14-11/h7-8,10,16H,1-6,9H2. The molecule has 0 saturated heterocycles. The predicted octanol–water partition coefficient (Wildman–Crippen LogP) is 3.02. The van der Waals surface area contributed by atoms with E-state index in [1.165, 1.54) is 12.8 Å². The predicted molar refractivity (Wildman–Crippen MR) is 69.4 cm³/mol. The summed E-state index contributed by atoms with van der Waals surface area (Å²) in [7, 11) is 0. The molecule has 0 amide bonds. The van der Waals surface area contributed by atoms with Gasteiger partial charge >= 0.3 is 0 Å². The lowest BCUT2D eigenvalue weighted by atomic mass is 9.90. The third-order valence-corrected chi connectivity index (χ3v) is 4.46. The van der Waals surface area contributed by atoms with Crippen molar-refractivity contribution >= 4 is 16.3 Å². The second kappa shape index (κ2) is 4.42. The molecule has 2 heterocycles. The van der Waals surface area contributed by atoms with Crippen molar-refractivity contribution in [1.82, 2.24) is 9.38 Å². The Kier molecular flexibility index (Phi) is 2.92. The fourth-order valence-corrected chi connectivity index (χ4v) is 3.48. The summed E-state index contributed by atoms with van der Waals surface area (Å²) >= 11 is 1.64. The first kappa shape index (κ1) is 11.2. The fraction of sp³-hybridized carbons (Fsp3) is 0.615. The van der Waals surface area contributed by atoms with E-state index in [2.05, 4.69) is 11.2 Å². The number of thiazole rings is 1. The van der Waals surface area contributed by atoms with Crippen molar-refractivity contribution in [2.75, 3.05) is 0 Å². The van der Waals surface area contributed by atoms with Crippen LogP contribution in [0.25, 0.3) is 4.96 Å². The molecule has 1 aliphatic rings. The minimum absolute atomic E-state index is 0.513. The molecule has 1 N–H and O–H groups in total. The summed E-state index contributed by atoms with van der Waals surface area (Å²) in [6.07, 6.45) is 11.5. The first-order valence-electron chi connectivity index (χ1n) is 6.39. The van der Waals surface area contributed by atoms with Gasteiger partial charge in [-0.15, -0.1) is 11.3 Å². The second-order valence-corrected chi connectivity index (χ2v) is 6.01. The van der Waals surface area contributed by atoms with Gasteiger partial charge in [-0.1, -0.05) is 25.7 Å². The van der Waals surface area contributed by atoms with E-state index >= 15 is 0 Å². The lowest BCUT2D eigenvalue weighted by molar-refractivity contribution is 0.0245. The van der Waals surface area contributed by atoms with E-state index in [0.29, 0.717) is 6.42 Å². The number of fused-ring (bicyclic) bond motifs is 1. The van der Waals surface area contributed by atoms with Gasteiger partial charge in [0, 0.05) is 24.2 Å². The smallest absolute Gasteiger partial charge is 0.193 e. The maximum atomic E-state index is 10.6. The van der Waals surface area contributed by atoms with Crippen LogP contribution >= 0.6 is 11.3 Å². The SMILES string of the molecule is OC1(Cc2cn3ccsc3n2)CCCCCC1. The first-order valence-corrected chi connectivity index (χ1v) is 7.27. The van der Waals surface area contributed by atoms with Crippen LogP contribution in [0.4, 0.5) is 0 Å². The molecule has 0 bridgehead atoms. The first-order chi connectivity index (χ1) is 8.25. The largest absolute Gasteiger partial charge is 0.389 e. The Labute approximate surface area is 105 Å². The van der Waals surface area contributed by atoms with Gasteiger partial charge in [0.25, 0.3) is 0 Å². The Morgan fingerprint density at radius 2 is 2.06 bits per heavy atom. The van der Waals surface area contributed by atoms with Crippen molar-refractivity contribution in [2.24, 2.45) is 0 Å². The molecule has 0 unspecified atom stereocenters. The van der Waals surface area contributed by atoms with E-state index in [9.17, 15) is 5.11 Å². The van der Waals surface area contributed by atoms with Crippen molar-refractivity contribution < 1.29 is 5.11 Å². The summed E-state index contributed by atoms with van der Waals surface area (Å²) in [4.78, 5) is 5.59. The molecule has 92 valence electrons. The summed E-state index contributed by atoms with van der Waals surface area (Å²) in [6, 6.07) is 0. The average Bonchev–Trinajstić information content (AvgIpc) is 2.76. The average molecular weight is 250 g/mol. The Balaban J connectivity index is 1.78. The fourth-order valence-electron chi connectivity index (χ4n) is 2.76. The normalized spacial score (nSPS) is 20.5. The molecule has 0 radical (unpaired) electrons. The Hall–Kier alpha value is -0.870. The second-order valence-electron chi connectivity index (χ2n) is 5.14. The van der Waals surface area contributed by atoms with E-state index < -0.39 is 5.60 Å². The summed E-state index contributed by atoms with van der Waals surface area (Å²) in [6.45, 7) is 0. The molecule has 0 spiro atoms. The highest BCUT2D eigenvalue weighted by molar-refractivity contribution is 7.15. The summed E-state index contributed by atoms with van der Waals surface area (Å²) < 4.78 is 2.04. The summed E-state index contributed by atoms with van der Waals surface area (Å²) in [5.41, 5.74) is 0.516. The van der Waals surface area contributed by atoms with Crippen LogP contribution in [-0.4, -0.2) is 20.1 Å². The highest BCUT2D eigenvalue weighted by Gasteiger charge is 2.29. The number of aromatic nitrogens is 2. The highest BCUT2D eigenvalue weighted by Crippen LogP contribution is 2.30. The van der Waals surface area contributed by atoms with Gasteiger partial charge in [-0.05, 0) is 12.8 Å². The minimum atomic E-state index is -0.513. The lowest BCUT2D eigenvalue weighted by Crippen LogP contribution is -2.30. The molecular formula is C13H18N2OS. The zero-order valence-electron chi connectivity index (χ0n) is 9.93. The Bertz CT molecular complexity index is 466. The monoisotopic (exact) mass is 250 g/mol. The van der Waals surface area contributed by atoms with Crippen LogP contribution in [-0.2, 0) is 6.42 Å². The molecule has 0 aromatic carbocycles. The quantitative estimate of drug-likeness (QED) is 0.832. The van der Waals surface area contributed by atoms with Gasteiger partial charge in [0.05, 0.1) is 11.3 Å². The molecule has 0 atom stereocenters. The Morgan fingerprint density at radius 3 is 2.76 bits per heavy atom. The van der Waals surface area contributed by atoms with Crippen molar-refractivity contribution in [3.05, 3.63) is 23.5 Å². The van der Waals surface area contributed by atoms with Crippen molar-refractivity contribution in [2.45, 2.75) is 50.5 Å². The minimum Gasteiger partial charge on any atom is -0.389 e. The van der Waals surface area contributed by atoms with E-state index in [1.807, 2.05) is 16.0 Å². The van der Waals surface area contributed by atoms with Gasteiger partial charge in [0.2, 0.25) is 0 Å². The van der Waals surface area contributed by atoms with Gasteiger partial charge in [-0.25, -0.2) is 4.98 Å². The molecule has 2 aromatic heterocycles. The van der Waals surface area contributed by atoms with E-state index in [4.69, 9.17) is 0 Å². The molecule has 17 heavy (non-hydrogen) atoms. The van der Waals surface area contributed by atoms with Crippen LogP contribution in [0.2, 0.25) is 0 Å². The summed E-state index contributed by atoms with van der Waals surface area (Å²) in [5.74, 6) is 0. The Morgan fingerprint density at radius 1 is 1.29 bits per heavy atom. The van der Waals surface area contributed by atoms with E-state index in [1.54, 1.807) is 11.3 Å². The molecule has 3 rings (SSSR count). The molecule has 2 aromatic rings. The summed E-state index contributed by atoms with van der Waals surface area (Å²) in [5, 5.41) is 12.7. The van der Waals surface area contributed by atoms with Crippen LogP contribution in [0.1, 0.15) is 44.2 Å². The zero-order chi connectivity index (χ0) is 11.7. The highest BCUT2D eigenvalue weighted by atomic mass is 32.1. The topological polar surface area (TPSA) is 37.5 Å². The van der Waals surface area contributed by atoms with Crippen LogP contribution < -0.4 is 0 Å².